The van der Waals surface area contributed by atoms with Crippen LogP contribution in [0.1, 0.15) is 18.3 Å². The topological polar surface area (TPSA) is 47.7 Å². The minimum absolute atomic E-state index is 0. The van der Waals surface area contributed by atoms with Gasteiger partial charge in [-0.25, -0.2) is 0 Å². The van der Waals surface area contributed by atoms with E-state index >= 15 is 0 Å². The molecule has 5 nitrogen and oxygen atoms in total. The lowest BCUT2D eigenvalue weighted by Gasteiger charge is -2.03. The van der Waals surface area contributed by atoms with E-state index in [0.717, 1.165) is 24.5 Å². The van der Waals surface area contributed by atoms with Crippen molar-refractivity contribution in [3.8, 4) is 0 Å². The van der Waals surface area contributed by atoms with E-state index < -0.39 is 0 Å². The molecule has 0 radical (unpaired) electrons. The van der Waals surface area contributed by atoms with Crippen LogP contribution in [0.25, 0.3) is 0 Å². The van der Waals surface area contributed by atoms with Gasteiger partial charge in [0.1, 0.15) is 0 Å². The Balaban J connectivity index is 0.00000144. The second kappa shape index (κ2) is 5.72. The van der Waals surface area contributed by atoms with E-state index in [0.29, 0.717) is 0 Å². The zero-order valence-corrected chi connectivity index (χ0v) is 11.2. The second-order valence-electron chi connectivity index (χ2n) is 3.84. The van der Waals surface area contributed by atoms with Crippen LogP contribution < -0.4 is 5.32 Å². The van der Waals surface area contributed by atoms with Crippen LogP contribution in [0, 0.1) is 6.92 Å². The van der Waals surface area contributed by atoms with Gasteiger partial charge in [0.2, 0.25) is 0 Å². The fourth-order valence-corrected chi connectivity index (χ4v) is 1.65. The summed E-state index contributed by atoms with van der Waals surface area (Å²) in [5.41, 5.74) is 3.26. The lowest BCUT2D eigenvalue weighted by atomic mass is 10.3. The number of nitrogens with one attached hydrogen (secondary N) is 1. The predicted octanol–water partition coefficient (Wildman–Crippen LogP) is 1.98. The molecule has 6 heteroatoms. The van der Waals surface area contributed by atoms with Crippen molar-refractivity contribution in [2.45, 2.75) is 26.9 Å². The van der Waals surface area contributed by atoms with Crippen LogP contribution in [-0.4, -0.2) is 19.6 Å². The van der Waals surface area contributed by atoms with Gasteiger partial charge in [-0.15, -0.1) is 12.4 Å². The molecule has 0 fully saturated rings. The summed E-state index contributed by atoms with van der Waals surface area (Å²) >= 11 is 0. The highest BCUT2D eigenvalue weighted by molar-refractivity contribution is 5.85. The average Bonchev–Trinajstić information content (AvgIpc) is 2.82. The number of anilines is 1. The number of aromatic nitrogens is 4. The monoisotopic (exact) mass is 255 g/mol. The maximum absolute atomic E-state index is 4.30. The molecule has 0 spiro atoms. The highest BCUT2D eigenvalue weighted by atomic mass is 35.5. The Labute approximate surface area is 107 Å². The van der Waals surface area contributed by atoms with E-state index in [1.165, 1.54) is 5.69 Å². The maximum Gasteiger partial charge on any atom is 0.0729 e. The van der Waals surface area contributed by atoms with Crippen molar-refractivity contribution < 1.29 is 0 Å². The first-order valence-electron chi connectivity index (χ1n) is 5.45. The summed E-state index contributed by atoms with van der Waals surface area (Å²) in [5, 5.41) is 11.8. The third-order valence-corrected chi connectivity index (χ3v) is 2.53. The lowest BCUT2D eigenvalue weighted by molar-refractivity contribution is 0.660. The zero-order valence-electron chi connectivity index (χ0n) is 10.3. The van der Waals surface area contributed by atoms with Gasteiger partial charge in [0, 0.05) is 19.8 Å². The van der Waals surface area contributed by atoms with Crippen molar-refractivity contribution in [3.63, 3.8) is 0 Å². The highest BCUT2D eigenvalue weighted by Gasteiger charge is 2.02. The standard InChI is InChI=1S/C11H17N5.ClH/c1-4-16-8-10(6-13-16)12-7-11-5-9(2)14-15(11)3;/h5-6,8,12H,4,7H2,1-3H3;1H. The Morgan fingerprint density at radius 1 is 1.41 bits per heavy atom. The summed E-state index contributed by atoms with van der Waals surface area (Å²) in [6.07, 6.45) is 3.84. The summed E-state index contributed by atoms with van der Waals surface area (Å²) < 4.78 is 3.80. The first-order chi connectivity index (χ1) is 7.69. The smallest absolute Gasteiger partial charge is 0.0729 e. The molecule has 0 saturated heterocycles. The lowest BCUT2D eigenvalue weighted by Crippen LogP contribution is -2.04. The number of nitrogens with zero attached hydrogens (tertiary/aromatic N) is 4. The minimum atomic E-state index is 0. The number of halogens is 1. The van der Waals surface area contributed by atoms with Crippen LogP contribution in [0.4, 0.5) is 5.69 Å². The highest BCUT2D eigenvalue weighted by Crippen LogP contribution is 2.08. The van der Waals surface area contributed by atoms with Crippen molar-refractivity contribution >= 4 is 18.1 Å². The molecule has 0 atom stereocenters. The summed E-state index contributed by atoms with van der Waals surface area (Å²) in [5.74, 6) is 0. The largest absolute Gasteiger partial charge is 0.377 e. The third-order valence-electron chi connectivity index (χ3n) is 2.53. The van der Waals surface area contributed by atoms with Gasteiger partial charge in [-0.2, -0.15) is 10.2 Å². The van der Waals surface area contributed by atoms with E-state index in [-0.39, 0.29) is 12.4 Å². The molecule has 17 heavy (non-hydrogen) atoms. The summed E-state index contributed by atoms with van der Waals surface area (Å²) in [6, 6.07) is 2.08. The second-order valence-corrected chi connectivity index (χ2v) is 3.84. The summed E-state index contributed by atoms with van der Waals surface area (Å²) in [7, 11) is 1.96. The number of rotatable bonds is 4. The van der Waals surface area contributed by atoms with Crippen LogP contribution >= 0.6 is 12.4 Å². The Morgan fingerprint density at radius 2 is 2.18 bits per heavy atom. The zero-order chi connectivity index (χ0) is 11.5. The molecule has 0 aliphatic rings. The van der Waals surface area contributed by atoms with E-state index in [2.05, 4.69) is 28.5 Å². The Kier molecular flexibility index (Phi) is 4.57. The van der Waals surface area contributed by atoms with Gasteiger partial charge >= 0.3 is 0 Å². The molecule has 2 aromatic heterocycles. The molecule has 0 unspecified atom stereocenters. The van der Waals surface area contributed by atoms with Gasteiger partial charge in [-0.05, 0) is 19.9 Å². The Hall–Kier alpha value is -1.49. The molecule has 0 saturated carbocycles. The first-order valence-corrected chi connectivity index (χ1v) is 5.45. The fraction of sp³-hybridized carbons (Fsp3) is 0.455. The van der Waals surface area contributed by atoms with Gasteiger partial charge in [0.25, 0.3) is 0 Å². The van der Waals surface area contributed by atoms with Crippen LogP contribution in [0.2, 0.25) is 0 Å². The number of hydrogen-bond donors (Lipinski definition) is 1. The van der Waals surface area contributed by atoms with Crippen molar-refractivity contribution in [1.29, 1.82) is 0 Å². The van der Waals surface area contributed by atoms with Gasteiger partial charge in [0.15, 0.2) is 0 Å². The van der Waals surface area contributed by atoms with Gasteiger partial charge < -0.3 is 5.32 Å². The SMILES string of the molecule is CCn1cc(NCc2cc(C)nn2C)cn1.Cl. The predicted molar refractivity (Wildman–Crippen MR) is 70.4 cm³/mol. The molecule has 0 amide bonds. The molecule has 2 heterocycles. The van der Waals surface area contributed by atoms with E-state index in [4.69, 9.17) is 0 Å². The normalized spacial score (nSPS) is 10.1. The summed E-state index contributed by atoms with van der Waals surface area (Å²) in [6.45, 7) is 5.74. The summed E-state index contributed by atoms with van der Waals surface area (Å²) in [4.78, 5) is 0. The van der Waals surface area contributed by atoms with E-state index in [1.807, 2.05) is 35.7 Å². The quantitative estimate of drug-likeness (QED) is 0.909. The van der Waals surface area contributed by atoms with Crippen molar-refractivity contribution in [2.75, 3.05) is 5.32 Å². The van der Waals surface area contributed by atoms with Crippen LogP contribution in [-0.2, 0) is 20.1 Å². The van der Waals surface area contributed by atoms with Crippen molar-refractivity contribution in [3.05, 3.63) is 29.8 Å². The average molecular weight is 256 g/mol. The molecule has 0 aliphatic carbocycles. The van der Waals surface area contributed by atoms with Gasteiger partial charge in [0.05, 0.1) is 29.8 Å². The molecule has 2 aromatic rings. The van der Waals surface area contributed by atoms with Gasteiger partial charge in [-0.3, -0.25) is 9.36 Å². The molecular weight excluding hydrogens is 238 g/mol. The minimum Gasteiger partial charge on any atom is -0.377 e. The molecular formula is C11H18ClN5. The molecule has 0 aromatic carbocycles. The van der Waals surface area contributed by atoms with Crippen molar-refractivity contribution in [2.24, 2.45) is 7.05 Å². The Morgan fingerprint density at radius 3 is 2.71 bits per heavy atom. The van der Waals surface area contributed by atoms with Crippen molar-refractivity contribution in [1.82, 2.24) is 19.6 Å². The van der Waals surface area contributed by atoms with Crippen LogP contribution in [0.5, 0.6) is 0 Å². The van der Waals surface area contributed by atoms with Gasteiger partial charge in [-0.1, -0.05) is 0 Å². The maximum atomic E-state index is 4.30. The van der Waals surface area contributed by atoms with Crippen LogP contribution in [0.3, 0.4) is 0 Å². The molecule has 2 rings (SSSR count). The fourth-order valence-electron chi connectivity index (χ4n) is 1.65. The number of aryl methyl sites for hydroxylation is 3. The third kappa shape index (κ3) is 3.23. The number of hydrogen-bond acceptors (Lipinski definition) is 3. The molecule has 0 bridgehead atoms. The van der Waals surface area contributed by atoms with E-state index in [1.54, 1.807) is 0 Å². The molecule has 1 N–H and O–H groups in total. The molecule has 0 aliphatic heterocycles. The Bertz CT molecular complexity index is 474. The van der Waals surface area contributed by atoms with Crippen LogP contribution in [0.15, 0.2) is 18.5 Å². The van der Waals surface area contributed by atoms with E-state index in [9.17, 15) is 0 Å². The first kappa shape index (κ1) is 13.6. The molecule has 94 valence electrons.